The molecule has 34 heavy (non-hydrogen) atoms. The topological polar surface area (TPSA) is 36.3 Å². The van der Waals surface area contributed by atoms with Crippen LogP contribution in [-0.4, -0.2) is 27.8 Å². The number of aryl methyl sites for hydroxylation is 1. The normalized spacial score (nSPS) is 30.5. The van der Waals surface area contributed by atoms with E-state index >= 15 is 0 Å². The summed E-state index contributed by atoms with van der Waals surface area (Å²) in [6.45, 7) is 6.53. The molecule has 1 spiro atoms. The number of rotatable bonds is 3. The van der Waals surface area contributed by atoms with Gasteiger partial charge in [0.15, 0.2) is 5.79 Å². The van der Waals surface area contributed by atoms with Crippen LogP contribution in [0.3, 0.4) is 0 Å². The maximum Gasteiger partial charge on any atom is 0.178 e. The van der Waals surface area contributed by atoms with Gasteiger partial charge in [-0.3, -0.25) is 0 Å². The molecule has 176 valence electrons. The third-order valence-electron chi connectivity index (χ3n) is 8.06. The molecule has 0 radical (unpaired) electrons. The summed E-state index contributed by atoms with van der Waals surface area (Å²) in [6, 6.07) is 19.5. The molecular weight excluding hydrogens is 420 g/mol. The fourth-order valence-corrected chi connectivity index (χ4v) is 6.60. The predicted octanol–water partition coefficient (Wildman–Crippen LogP) is 6.44. The van der Waals surface area contributed by atoms with E-state index < -0.39 is 5.79 Å². The molecule has 1 aromatic heterocycles. The van der Waals surface area contributed by atoms with Gasteiger partial charge in [-0.15, -0.1) is 0 Å². The zero-order valence-corrected chi connectivity index (χ0v) is 20.5. The first-order chi connectivity index (χ1) is 16.5. The lowest BCUT2D eigenvalue weighted by Crippen LogP contribution is -2.62. The van der Waals surface area contributed by atoms with Crippen LogP contribution in [0.15, 0.2) is 66.4 Å². The minimum atomic E-state index is -0.604. The van der Waals surface area contributed by atoms with Gasteiger partial charge in [0.25, 0.3) is 0 Å². The summed E-state index contributed by atoms with van der Waals surface area (Å²) in [5.41, 5.74) is 7.40. The van der Waals surface area contributed by atoms with Gasteiger partial charge in [-0.1, -0.05) is 53.6 Å². The number of ether oxygens (including phenoxy) is 2. The van der Waals surface area contributed by atoms with Gasteiger partial charge in [0.05, 0.1) is 35.2 Å². The highest BCUT2D eigenvalue weighted by molar-refractivity contribution is 5.62. The van der Waals surface area contributed by atoms with E-state index in [1.54, 1.807) is 0 Å². The lowest BCUT2D eigenvalue weighted by Gasteiger charge is -2.58. The van der Waals surface area contributed by atoms with Gasteiger partial charge in [0.1, 0.15) is 0 Å². The summed E-state index contributed by atoms with van der Waals surface area (Å²) in [7, 11) is 0. The number of benzene rings is 2. The Hall–Kier alpha value is -2.69. The number of aromatic nitrogens is 2. The Morgan fingerprint density at radius 2 is 1.74 bits per heavy atom. The predicted molar refractivity (Wildman–Crippen MR) is 135 cm³/mol. The zero-order chi connectivity index (χ0) is 23.3. The van der Waals surface area contributed by atoms with Gasteiger partial charge < -0.3 is 9.47 Å². The molecule has 4 heteroatoms. The molecule has 0 N–H and O–H groups in total. The van der Waals surface area contributed by atoms with Crippen LogP contribution < -0.4 is 0 Å². The van der Waals surface area contributed by atoms with Crippen LogP contribution in [0, 0.1) is 12.3 Å². The van der Waals surface area contributed by atoms with E-state index in [1.807, 2.05) is 0 Å². The molecule has 2 aliphatic carbocycles. The van der Waals surface area contributed by atoms with Crippen molar-refractivity contribution < 1.29 is 9.47 Å². The SMILES string of the molecule is Cc1ccc(-n2ncc3c2C=C2CCCC4(O[C@@H](C)C[C@H](C)O4)[C@@]2(Cc2ccccc2)C3)cc1. The van der Waals surface area contributed by atoms with Crippen molar-refractivity contribution in [3.8, 4) is 5.69 Å². The largest absolute Gasteiger partial charge is 0.346 e. The molecule has 3 aliphatic rings. The molecule has 3 aromatic rings. The average molecular weight is 455 g/mol. The Morgan fingerprint density at radius 3 is 2.47 bits per heavy atom. The van der Waals surface area contributed by atoms with E-state index in [0.29, 0.717) is 0 Å². The standard InChI is InChI=1S/C30H34N2O2/c1-21-11-13-27(14-12-21)32-28-17-26-10-7-15-30(33-22(2)16-23(3)34-30)29(26,19-25(28)20-31-32)18-24-8-5-4-6-9-24/h4-6,8-9,11-14,17,20,22-23H,7,10,15-16,18-19H2,1-3H3/t22-,23-,29-/m0/s1. The van der Waals surface area contributed by atoms with Crippen LogP contribution >= 0.6 is 0 Å². The highest BCUT2D eigenvalue weighted by Gasteiger charge is 2.61. The summed E-state index contributed by atoms with van der Waals surface area (Å²) in [5, 5.41) is 4.85. The van der Waals surface area contributed by atoms with Crippen LogP contribution in [0.25, 0.3) is 11.8 Å². The van der Waals surface area contributed by atoms with Crippen molar-refractivity contribution in [2.24, 2.45) is 5.41 Å². The zero-order valence-electron chi connectivity index (χ0n) is 20.5. The first-order valence-electron chi connectivity index (χ1n) is 12.7. The van der Waals surface area contributed by atoms with Gasteiger partial charge in [-0.25, -0.2) is 4.68 Å². The van der Waals surface area contributed by atoms with E-state index in [2.05, 4.69) is 92.3 Å². The van der Waals surface area contributed by atoms with Gasteiger partial charge in [0.2, 0.25) is 0 Å². The van der Waals surface area contributed by atoms with E-state index in [0.717, 1.165) is 44.2 Å². The highest BCUT2D eigenvalue weighted by Crippen LogP contribution is 2.59. The van der Waals surface area contributed by atoms with Crippen molar-refractivity contribution in [1.82, 2.24) is 9.78 Å². The number of hydrogen-bond donors (Lipinski definition) is 0. The van der Waals surface area contributed by atoms with Gasteiger partial charge in [-0.05, 0) is 82.2 Å². The third-order valence-corrected chi connectivity index (χ3v) is 8.06. The average Bonchev–Trinajstić information content (AvgIpc) is 3.21. The number of hydrogen-bond acceptors (Lipinski definition) is 3. The summed E-state index contributed by atoms with van der Waals surface area (Å²) in [6.07, 6.45) is 10.7. The van der Waals surface area contributed by atoms with Gasteiger partial charge >= 0.3 is 0 Å². The van der Waals surface area contributed by atoms with Gasteiger partial charge in [0, 0.05) is 6.42 Å². The van der Waals surface area contributed by atoms with Crippen LogP contribution in [0.1, 0.15) is 61.9 Å². The second kappa shape index (κ2) is 8.21. The molecule has 0 amide bonds. The van der Waals surface area contributed by atoms with Crippen molar-refractivity contribution in [2.75, 3.05) is 0 Å². The first-order valence-corrected chi connectivity index (χ1v) is 12.7. The summed E-state index contributed by atoms with van der Waals surface area (Å²) >= 11 is 0. The molecular formula is C30H34N2O2. The van der Waals surface area contributed by atoms with Crippen LogP contribution in [0.2, 0.25) is 0 Å². The lowest BCUT2D eigenvalue weighted by atomic mass is 9.57. The molecule has 0 bridgehead atoms. The Balaban J connectivity index is 1.50. The minimum absolute atomic E-state index is 0.187. The molecule has 1 aliphatic heterocycles. The van der Waals surface area contributed by atoms with Crippen LogP contribution in [-0.2, 0) is 22.3 Å². The molecule has 4 nitrogen and oxygen atoms in total. The monoisotopic (exact) mass is 454 g/mol. The van der Waals surface area contributed by atoms with E-state index in [4.69, 9.17) is 14.6 Å². The third kappa shape index (κ3) is 3.47. The molecule has 3 atom stereocenters. The molecule has 0 unspecified atom stereocenters. The van der Waals surface area contributed by atoms with E-state index in [-0.39, 0.29) is 17.6 Å². The fraction of sp³-hybridized carbons (Fsp3) is 0.433. The Labute approximate surface area is 202 Å². The van der Waals surface area contributed by atoms with Crippen molar-refractivity contribution in [1.29, 1.82) is 0 Å². The molecule has 2 fully saturated rings. The number of fused-ring (bicyclic) bond motifs is 3. The quantitative estimate of drug-likeness (QED) is 0.457. The van der Waals surface area contributed by atoms with Crippen molar-refractivity contribution in [3.63, 3.8) is 0 Å². The minimum Gasteiger partial charge on any atom is -0.346 e. The van der Waals surface area contributed by atoms with Gasteiger partial charge in [-0.2, -0.15) is 5.10 Å². The lowest BCUT2D eigenvalue weighted by molar-refractivity contribution is -0.361. The smallest absolute Gasteiger partial charge is 0.178 e. The summed E-state index contributed by atoms with van der Waals surface area (Å²) < 4.78 is 15.8. The highest BCUT2D eigenvalue weighted by atomic mass is 16.7. The van der Waals surface area contributed by atoms with Crippen molar-refractivity contribution in [2.45, 2.75) is 77.3 Å². The Bertz CT molecular complexity index is 1200. The van der Waals surface area contributed by atoms with Crippen molar-refractivity contribution >= 4 is 6.08 Å². The van der Waals surface area contributed by atoms with Crippen molar-refractivity contribution in [3.05, 3.63) is 88.8 Å². The van der Waals surface area contributed by atoms with Crippen LogP contribution in [0.4, 0.5) is 0 Å². The molecule has 1 saturated heterocycles. The second-order valence-corrected chi connectivity index (χ2v) is 10.6. The molecule has 6 rings (SSSR count). The van der Waals surface area contributed by atoms with Crippen LogP contribution in [0.5, 0.6) is 0 Å². The summed E-state index contributed by atoms with van der Waals surface area (Å²) in [5.74, 6) is -0.604. The van der Waals surface area contributed by atoms with E-state index in [1.165, 1.54) is 28.0 Å². The fourth-order valence-electron chi connectivity index (χ4n) is 6.60. The Morgan fingerprint density at radius 1 is 1.00 bits per heavy atom. The first kappa shape index (κ1) is 21.8. The molecule has 2 aromatic carbocycles. The number of nitrogens with zero attached hydrogens (tertiary/aromatic N) is 2. The molecule has 2 heterocycles. The summed E-state index contributed by atoms with van der Waals surface area (Å²) in [4.78, 5) is 0. The molecule has 1 saturated carbocycles. The maximum atomic E-state index is 6.86. The Kier molecular flexibility index (Phi) is 5.27. The maximum absolute atomic E-state index is 6.86. The van der Waals surface area contributed by atoms with E-state index in [9.17, 15) is 0 Å². The second-order valence-electron chi connectivity index (χ2n) is 10.6.